The normalized spacial score (nSPS) is 10.3. The Morgan fingerprint density at radius 2 is 1.72 bits per heavy atom. The Morgan fingerprint density at radius 1 is 0.966 bits per heavy atom. The molecule has 2 N–H and O–H groups in total. The third-order valence-corrected chi connectivity index (χ3v) is 3.84. The van der Waals surface area contributed by atoms with Crippen molar-refractivity contribution in [3.8, 4) is 22.9 Å². The second kappa shape index (κ2) is 10.0. The quantitative estimate of drug-likeness (QED) is 0.565. The van der Waals surface area contributed by atoms with Gasteiger partial charge in [-0.05, 0) is 61.5 Å². The first-order chi connectivity index (χ1) is 14.1. The van der Waals surface area contributed by atoms with Gasteiger partial charge in [-0.1, -0.05) is 0 Å². The number of nitrogens with one attached hydrogen (secondary N) is 2. The first kappa shape index (κ1) is 20.1. The van der Waals surface area contributed by atoms with Gasteiger partial charge in [-0.15, -0.1) is 10.2 Å². The van der Waals surface area contributed by atoms with Crippen LogP contribution in [0.5, 0.6) is 11.6 Å². The van der Waals surface area contributed by atoms with Crippen LogP contribution >= 0.6 is 0 Å². The molecule has 0 fully saturated rings. The standard InChI is InChI=1S/C21H21FN4O3/c1-2-28-18-9-3-15(4-10-18)19-11-12-20(26-25-19)29-14-13-23-21(27)24-17-7-5-16(22)6-8-17/h3-12H,2,13-14H2,1H3,(H2,23,24,27). The number of hydrogen-bond acceptors (Lipinski definition) is 5. The summed E-state index contributed by atoms with van der Waals surface area (Å²) in [7, 11) is 0. The third kappa shape index (κ3) is 6.17. The molecule has 1 aromatic heterocycles. The molecular weight excluding hydrogens is 375 g/mol. The van der Waals surface area contributed by atoms with E-state index in [9.17, 15) is 9.18 Å². The van der Waals surface area contributed by atoms with E-state index in [4.69, 9.17) is 9.47 Å². The minimum atomic E-state index is -0.405. The van der Waals surface area contributed by atoms with Crippen LogP contribution in [0.4, 0.5) is 14.9 Å². The van der Waals surface area contributed by atoms with Crippen molar-refractivity contribution in [2.45, 2.75) is 6.92 Å². The molecule has 3 aromatic rings. The molecule has 2 aromatic carbocycles. The Balaban J connectivity index is 1.42. The first-order valence-corrected chi connectivity index (χ1v) is 9.14. The van der Waals surface area contributed by atoms with E-state index in [1.54, 1.807) is 6.07 Å². The fourth-order valence-electron chi connectivity index (χ4n) is 2.47. The number of amides is 2. The summed E-state index contributed by atoms with van der Waals surface area (Å²) < 4.78 is 23.7. The number of aromatic nitrogens is 2. The minimum Gasteiger partial charge on any atom is -0.494 e. The highest BCUT2D eigenvalue weighted by atomic mass is 19.1. The monoisotopic (exact) mass is 396 g/mol. The van der Waals surface area contributed by atoms with Gasteiger partial charge in [0.05, 0.1) is 18.8 Å². The number of carbonyl (C=O) groups is 1. The van der Waals surface area contributed by atoms with Gasteiger partial charge in [0.15, 0.2) is 0 Å². The van der Waals surface area contributed by atoms with Crippen LogP contribution in [0.1, 0.15) is 6.92 Å². The number of rotatable bonds is 8. The molecule has 7 nitrogen and oxygen atoms in total. The van der Waals surface area contributed by atoms with Crippen molar-refractivity contribution in [1.82, 2.24) is 15.5 Å². The molecule has 0 bridgehead atoms. The van der Waals surface area contributed by atoms with Crippen molar-refractivity contribution in [3.63, 3.8) is 0 Å². The summed E-state index contributed by atoms with van der Waals surface area (Å²) in [6.45, 7) is 3.06. The van der Waals surface area contributed by atoms with E-state index in [2.05, 4.69) is 20.8 Å². The molecule has 3 rings (SSSR count). The first-order valence-electron chi connectivity index (χ1n) is 9.14. The van der Waals surface area contributed by atoms with Crippen molar-refractivity contribution < 1.29 is 18.7 Å². The largest absolute Gasteiger partial charge is 0.494 e. The Hall–Kier alpha value is -3.68. The maximum atomic E-state index is 12.8. The van der Waals surface area contributed by atoms with Crippen LogP contribution in [-0.2, 0) is 0 Å². The van der Waals surface area contributed by atoms with Crippen LogP contribution in [0, 0.1) is 5.82 Å². The molecule has 0 aliphatic heterocycles. The number of urea groups is 1. The van der Waals surface area contributed by atoms with E-state index >= 15 is 0 Å². The van der Waals surface area contributed by atoms with Gasteiger partial charge in [0, 0.05) is 17.3 Å². The summed E-state index contributed by atoms with van der Waals surface area (Å²) in [5, 5.41) is 13.4. The van der Waals surface area contributed by atoms with E-state index in [1.807, 2.05) is 37.3 Å². The van der Waals surface area contributed by atoms with Gasteiger partial charge in [-0.25, -0.2) is 9.18 Å². The highest BCUT2D eigenvalue weighted by molar-refractivity contribution is 5.89. The highest BCUT2D eigenvalue weighted by Gasteiger charge is 2.04. The molecule has 0 spiro atoms. The topological polar surface area (TPSA) is 85.4 Å². The average molecular weight is 396 g/mol. The van der Waals surface area contributed by atoms with Crippen LogP contribution in [0.25, 0.3) is 11.3 Å². The number of carbonyl (C=O) groups excluding carboxylic acids is 1. The van der Waals surface area contributed by atoms with Crippen molar-refractivity contribution in [2.75, 3.05) is 25.1 Å². The van der Waals surface area contributed by atoms with E-state index in [0.717, 1.165) is 17.0 Å². The maximum absolute atomic E-state index is 12.8. The zero-order valence-electron chi connectivity index (χ0n) is 15.9. The van der Waals surface area contributed by atoms with Crippen LogP contribution in [0.3, 0.4) is 0 Å². The summed E-state index contributed by atoms with van der Waals surface area (Å²) >= 11 is 0. The molecule has 8 heteroatoms. The Morgan fingerprint density at radius 3 is 2.38 bits per heavy atom. The number of anilines is 1. The molecule has 0 saturated carbocycles. The average Bonchev–Trinajstić information content (AvgIpc) is 2.74. The third-order valence-electron chi connectivity index (χ3n) is 3.84. The molecule has 0 saturated heterocycles. The minimum absolute atomic E-state index is 0.230. The van der Waals surface area contributed by atoms with Crippen LogP contribution < -0.4 is 20.1 Å². The van der Waals surface area contributed by atoms with Gasteiger partial charge in [-0.2, -0.15) is 0 Å². The van der Waals surface area contributed by atoms with E-state index in [-0.39, 0.29) is 19.0 Å². The van der Waals surface area contributed by atoms with Gasteiger partial charge in [0.1, 0.15) is 18.2 Å². The van der Waals surface area contributed by atoms with Crippen molar-refractivity contribution >= 4 is 11.7 Å². The lowest BCUT2D eigenvalue weighted by atomic mass is 10.1. The summed E-state index contributed by atoms with van der Waals surface area (Å²) in [5.41, 5.74) is 2.14. The molecule has 0 aliphatic rings. The van der Waals surface area contributed by atoms with Crippen molar-refractivity contribution in [1.29, 1.82) is 0 Å². The zero-order valence-corrected chi connectivity index (χ0v) is 15.9. The number of nitrogens with zero attached hydrogens (tertiary/aromatic N) is 2. The number of ether oxygens (including phenoxy) is 2. The predicted octanol–water partition coefficient (Wildman–Crippen LogP) is 3.88. The number of halogens is 1. The highest BCUT2D eigenvalue weighted by Crippen LogP contribution is 2.21. The van der Waals surface area contributed by atoms with Gasteiger partial charge >= 0.3 is 6.03 Å². The Labute approximate surface area is 167 Å². The lowest BCUT2D eigenvalue weighted by molar-refractivity contribution is 0.246. The fraction of sp³-hybridized carbons (Fsp3) is 0.190. The second-order valence-corrected chi connectivity index (χ2v) is 5.95. The maximum Gasteiger partial charge on any atom is 0.319 e. The van der Waals surface area contributed by atoms with Crippen molar-refractivity contribution in [2.24, 2.45) is 0 Å². The molecule has 0 unspecified atom stereocenters. The van der Waals surface area contributed by atoms with Crippen LogP contribution in [0.2, 0.25) is 0 Å². The molecule has 150 valence electrons. The van der Waals surface area contributed by atoms with Crippen LogP contribution in [0.15, 0.2) is 60.7 Å². The fourth-order valence-corrected chi connectivity index (χ4v) is 2.47. The second-order valence-electron chi connectivity index (χ2n) is 5.95. The summed E-state index contributed by atoms with van der Waals surface area (Å²) in [4.78, 5) is 11.8. The van der Waals surface area contributed by atoms with Gasteiger partial charge < -0.3 is 20.1 Å². The summed E-state index contributed by atoms with van der Waals surface area (Å²) in [6.07, 6.45) is 0. The molecular formula is C21H21FN4O3. The lowest BCUT2D eigenvalue weighted by Crippen LogP contribution is -2.32. The smallest absolute Gasteiger partial charge is 0.319 e. The molecule has 29 heavy (non-hydrogen) atoms. The number of benzene rings is 2. The molecule has 0 atom stereocenters. The van der Waals surface area contributed by atoms with Crippen LogP contribution in [-0.4, -0.2) is 36.0 Å². The van der Waals surface area contributed by atoms with E-state index in [1.165, 1.54) is 24.3 Å². The summed E-state index contributed by atoms with van der Waals surface area (Å²) in [6, 6.07) is 16.2. The molecule has 1 heterocycles. The molecule has 2 amide bonds. The Bertz CT molecular complexity index is 916. The number of hydrogen-bond donors (Lipinski definition) is 2. The van der Waals surface area contributed by atoms with Crippen molar-refractivity contribution in [3.05, 3.63) is 66.5 Å². The SMILES string of the molecule is CCOc1ccc(-c2ccc(OCCNC(=O)Nc3ccc(F)cc3)nn2)cc1. The molecule has 0 radical (unpaired) electrons. The predicted molar refractivity (Wildman–Crippen MR) is 108 cm³/mol. The van der Waals surface area contributed by atoms with E-state index in [0.29, 0.717) is 18.2 Å². The van der Waals surface area contributed by atoms with Gasteiger partial charge in [0.2, 0.25) is 5.88 Å². The Kier molecular flexibility index (Phi) is 6.94. The van der Waals surface area contributed by atoms with Gasteiger partial charge in [-0.3, -0.25) is 0 Å². The van der Waals surface area contributed by atoms with E-state index < -0.39 is 6.03 Å². The lowest BCUT2D eigenvalue weighted by Gasteiger charge is -2.09. The molecule has 0 aliphatic carbocycles. The van der Waals surface area contributed by atoms with Gasteiger partial charge in [0.25, 0.3) is 0 Å². The summed E-state index contributed by atoms with van der Waals surface area (Å²) in [5.74, 6) is 0.805. The zero-order chi connectivity index (χ0) is 20.5.